The molecule has 2 N–H and O–H groups in total. The quantitative estimate of drug-likeness (QED) is 0.793. The number of carboxylic acid groups (broad SMARTS) is 1. The van der Waals surface area contributed by atoms with Crippen LogP contribution in [0.25, 0.3) is 11.3 Å². The van der Waals surface area contributed by atoms with E-state index in [9.17, 15) is 4.79 Å². The van der Waals surface area contributed by atoms with Gasteiger partial charge in [0.05, 0.1) is 17.3 Å². The molecule has 0 fully saturated rings. The number of benzene rings is 1. The van der Waals surface area contributed by atoms with E-state index in [4.69, 9.17) is 10.4 Å². The lowest BCUT2D eigenvalue weighted by Crippen LogP contribution is -1.95. The molecule has 2 aromatic rings. The van der Waals surface area contributed by atoms with Crippen molar-refractivity contribution in [2.45, 2.75) is 0 Å². The molecular weight excluding hydrogens is 206 g/mol. The van der Waals surface area contributed by atoms with E-state index in [1.807, 2.05) is 6.07 Å². The summed E-state index contributed by atoms with van der Waals surface area (Å²) in [6, 6.07) is 10.2. The van der Waals surface area contributed by atoms with Crippen molar-refractivity contribution in [3.05, 3.63) is 41.6 Å². The van der Waals surface area contributed by atoms with Gasteiger partial charge in [-0.1, -0.05) is 12.1 Å². The summed E-state index contributed by atoms with van der Waals surface area (Å²) in [5, 5.41) is 23.6. The number of carbonyl (C=O) groups is 1. The predicted octanol–water partition coefficient (Wildman–Crippen LogP) is 1.65. The van der Waals surface area contributed by atoms with E-state index < -0.39 is 5.97 Å². The number of nitriles is 1. The van der Waals surface area contributed by atoms with Gasteiger partial charge in [-0.2, -0.15) is 10.4 Å². The van der Waals surface area contributed by atoms with Crippen molar-refractivity contribution < 1.29 is 9.90 Å². The molecule has 0 aliphatic carbocycles. The first-order chi connectivity index (χ1) is 7.70. The highest BCUT2D eigenvalue weighted by atomic mass is 16.4. The van der Waals surface area contributed by atoms with Crippen molar-refractivity contribution in [2.24, 2.45) is 0 Å². The molecular formula is C11H7N3O2. The minimum absolute atomic E-state index is 0.0411. The Hall–Kier alpha value is -2.61. The Morgan fingerprint density at radius 3 is 2.56 bits per heavy atom. The number of hydrogen-bond donors (Lipinski definition) is 2. The SMILES string of the molecule is N#Cc1ccc(-c2cc(C(=O)O)[nH]n2)cc1. The second-order valence-corrected chi connectivity index (χ2v) is 3.16. The molecule has 16 heavy (non-hydrogen) atoms. The van der Waals surface area contributed by atoms with E-state index in [2.05, 4.69) is 10.2 Å². The monoisotopic (exact) mass is 213 g/mol. The number of aromatic carboxylic acids is 1. The molecule has 0 atom stereocenters. The number of nitrogens with zero attached hydrogens (tertiary/aromatic N) is 2. The van der Waals surface area contributed by atoms with Gasteiger partial charge in [-0.3, -0.25) is 5.10 Å². The lowest BCUT2D eigenvalue weighted by atomic mass is 10.1. The second kappa shape index (κ2) is 3.87. The summed E-state index contributed by atoms with van der Waals surface area (Å²) in [6.07, 6.45) is 0. The van der Waals surface area contributed by atoms with E-state index in [-0.39, 0.29) is 5.69 Å². The number of carboxylic acids is 1. The zero-order chi connectivity index (χ0) is 11.5. The van der Waals surface area contributed by atoms with Crippen molar-refractivity contribution in [1.29, 1.82) is 5.26 Å². The average Bonchev–Trinajstić information content (AvgIpc) is 2.78. The van der Waals surface area contributed by atoms with E-state index in [0.717, 1.165) is 5.56 Å². The molecule has 0 radical (unpaired) electrons. The van der Waals surface area contributed by atoms with Gasteiger partial charge < -0.3 is 5.11 Å². The Morgan fingerprint density at radius 2 is 2.06 bits per heavy atom. The van der Waals surface area contributed by atoms with Crippen LogP contribution in [0.2, 0.25) is 0 Å². The van der Waals surface area contributed by atoms with E-state index in [1.54, 1.807) is 24.3 Å². The summed E-state index contributed by atoms with van der Waals surface area (Å²) >= 11 is 0. The van der Waals surface area contributed by atoms with Gasteiger partial charge in [0.2, 0.25) is 0 Å². The van der Waals surface area contributed by atoms with Crippen LogP contribution in [0.4, 0.5) is 0 Å². The summed E-state index contributed by atoms with van der Waals surface area (Å²) < 4.78 is 0. The zero-order valence-corrected chi connectivity index (χ0v) is 8.14. The van der Waals surface area contributed by atoms with Gasteiger partial charge in [0.25, 0.3) is 0 Å². The van der Waals surface area contributed by atoms with Gasteiger partial charge in [-0.05, 0) is 18.2 Å². The molecule has 2 rings (SSSR count). The highest BCUT2D eigenvalue weighted by Crippen LogP contribution is 2.17. The fourth-order valence-electron chi connectivity index (χ4n) is 1.29. The Kier molecular flexibility index (Phi) is 2.40. The van der Waals surface area contributed by atoms with Crippen molar-refractivity contribution in [3.8, 4) is 17.3 Å². The molecule has 0 aliphatic heterocycles. The van der Waals surface area contributed by atoms with E-state index in [1.165, 1.54) is 6.07 Å². The topological polar surface area (TPSA) is 89.8 Å². The van der Waals surface area contributed by atoms with Crippen LogP contribution in [-0.2, 0) is 0 Å². The number of rotatable bonds is 2. The van der Waals surface area contributed by atoms with Crippen LogP contribution < -0.4 is 0 Å². The van der Waals surface area contributed by atoms with E-state index in [0.29, 0.717) is 11.3 Å². The van der Waals surface area contributed by atoms with Crippen LogP contribution in [0.5, 0.6) is 0 Å². The Morgan fingerprint density at radius 1 is 1.38 bits per heavy atom. The van der Waals surface area contributed by atoms with Crippen LogP contribution in [0.1, 0.15) is 16.1 Å². The molecule has 5 nitrogen and oxygen atoms in total. The average molecular weight is 213 g/mol. The molecule has 78 valence electrons. The maximum atomic E-state index is 10.6. The number of nitrogens with one attached hydrogen (secondary N) is 1. The van der Waals surface area contributed by atoms with Crippen LogP contribution >= 0.6 is 0 Å². The molecule has 1 aromatic carbocycles. The Labute approximate surface area is 91.0 Å². The second-order valence-electron chi connectivity index (χ2n) is 3.16. The molecule has 0 bridgehead atoms. The fourth-order valence-corrected chi connectivity index (χ4v) is 1.29. The first-order valence-electron chi connectivity index (χ1n) is 4.50. The first-order valence-corrected chi connectivity index (χ1v) is 4.50. The van der Waals surface area contributed by atoms with Crippen LogP contribution in [0.3, 0.4) is 0 Å². The predicted molar refractivity (Wildman–Crippen MR) is 55.7 cm³/mol. The third-order valence-corrected chi connectivity index (χ3v) is 2.12. The number of aromatic nitrogens is 2. The van der Waals surface area contributed by atoms with Gasteiger partial charge in [-0.15, -0.1) is 0 Å². The van der Waals surface area contributed by atoms with Crippen molar-refractivity contribution >= 4 is 5.97 Å². The molecule has 0 spiro atoms. The molecule has 1 heterocycles. The first kappa shape index (κ1) is 9.93. The van der Waals surface area contributed by atoms with Gasteiger partial charge in [0.15, 0.2) is 0 Å². The third kappa shape index (κ3) is 1.77. The van der Waals surface area contributed by atoms with Gasteiger partial charge in [0.1, 0.15) is 5.69 Å². The summed E-state index contributed by atoms with van der Waals surface area (Å²) in [4.78, 5) is 10.6. The van der Waals surface area contributed by atoms with Gasteiger partial charge >= 0.3 is 5.97 Å². The highest BCUT2D eigenvalue weighted by molar-refractivity contribution is 5.86. The standard InChI is InChI=1S/C11H7N3O2/c12-6-7-1-3-8(4-2-7)9-5-10(11(15)16)14-13-9/h1-5H,(H,13,14)(H,15,16). The highest BCUT2D eigenvalue weighted by Gasteiger charge is 2.08. The largest absolute Gasteiger partial charge is 0.477 e. The lowest BCUT2D eigenvalue weighted by molar-refractivity contribution is 0.0690. The van der Waals surface area contributed by atoms with Crippen LogP contribution in [0.15, 0.2) is 30.3 Å². The minimum atomic E-state index is -1.05. The molecule has 5 heteroatoms. The fraction of sp³-hybridized carbons (Fsp3) is 0. The molecule has 0 saturated heterocycles. The number of H-pyrrole nitrogens is 1. The van der Waals surface area contributed by atoms with Crippen LogP contribution in [-0.4, -0.2) is 21.3 Å². The lowest BCUT2D eigenvalue weighted by Gasteiger charge is -1.94. The maximum Gasteiger partial charge on any atom is 0.353 e. The number of hydrogen-bond acceptors (Lipinski definition) is 3. The molecule has 0 saturated carbocycles. The minimum Gasteiger partial charge on any atom is -0.477 e. The molecule has 0 unspecified atom stereocenters. The maximum absolute atomic E-state index is 10.6. The zero-order valence-electron chi connectivity index (χ0n) is 8.14. The Balaban J connectivity index is 2.36. The van der Waals surface area contributed by atoms with Gasteiger partial charge in [0, 0.05) is 5.56 Å². The van der Waals surface area contributed by atoms with Gasteiger partial charge in [-0.25, -0.2) is 4.79 Å². The summed E-state index contributed by atoms with van der Waals surface area (Å²) in [7, 11) is 0. The summed E-state index contributed by atoms with van der Waals surface area (Å²) in [6.45, 7) is 0. The summed E-state index contributed by atoms with van der Waals surface area (Å²) in [5.74, 6) is -1.05. The molecule has 0 amide bonds. The number of aromatic amines is 1. The summed E-state index contributed by atoms with van der Waals surface area (Å²) in [5.41, 5.74) is 1.90. The molecule has 1 aromatic heterocycles. The Bertz CT molecular complexity index is 564. The molecule has 0 aliphatic rings. The van der Waals surface area contributed by atoms with Crippen molar-refractivity contribution in [2.75, 3.05) is 0 Å². The smallest absolute Gasteiger partial charge is 0.353 e. The van der Waals surface area contributed by atoms with E-state index >= 15 is 0 Å². The van der Waals surface area contributed by atoms with Crippen molar-refractivity contribution in [1.82, 2.24) is 10.2 Å². The van der Waals surface area contributed by atoms with Crippen LogP contribution in [0, 0.1) is 11.3 Å². The normalized spacial score (nSPS) is 9.69. The van der Waals surface area contributed by atoms with Crippen molar-refractivity contribution in [3.63, 3.8) is 0 Å². The third-order valence-electron chi connectivity index (χ3n) is 2.12.